The van der Waals surface area contributed by atoms with E-state index in [1.165, 1.54) is 29.9 Å². The lowest BCUT2D eigenvalue weighted by atomic mass is 10.1. The molecular weight excluding hydrogens is 430 g/mol. The Morgan fingerprint density at radius 1 is 1.15 bits per heavy atom. The molecule has 1 amide bonds. The van der Waals surface area contributed by atoms with Crippen LogP contribution in [-0.2, 0) is 19.5 Å². The van der Waals surface area contributed by atoms with Crippen molar-refractivity contribution in [1.82, 2.24) is 14.4 Å². The zero-order chi connectivity index (χ0) is 24.4. The van der Waals surface area contributed by atoms with Gasteiger partial charge in [-0.3, -0.25) is 14.5 Å². The van der Waals surface area contributed by atoms with Crippen LogP contribution in [0.3, 0.4) is 0 Å². The van der Waals surface area contributed by atoms with Crippen molar-refractivity contribution in [2.24, 2.45) is 0 Å². The number of carbonyl (C=O) groups is 1. The van der Waals surface area contributed by atoms with Gasteiger partial charge in [-0.1, -0.05) is 18.2 Å². The molecule has 1 aromatic carbocycles. The Balaban J connectivity index is 1.63. The van der Waals surface area contributed by atoms with Gasteiger partial charge in [-0.2, -0.15) is 0 Å². The molecule has 0 bridgehead atoms. The fourth-order valence-corrected chi connectivity index (χ4v) is 4.57. The Bertz CT molecular complexity index is 1230. The van der Waals surface area contributed by atoms with Crippen LogP contribution in [0.15, 0.2) is 51.9 Å². The summed E-state index contributed by atoms with van der Waals surface area (Å²) in [7, 11) is 3.25. The van der Waals surface area contributed by atoms with Gasteiger partial charge in [-0.15, -0.1) is 0 Å². The number of methoxy groups -OCH3 is 1. The molecule has 4 rings (SSSR count). The first-order chi connectivity index (χ1) is 16.3. The van der Waals surface area contributed by atoms with Crippen LogP contribution in [0.2, 0.25) is 0 Å². The summed E-state index contributed by atoms with van der Waals surface area (Å²) < 4.78 is 12.8. The second kappa shape index (κ2) is 9.89. The normalized spacial score (nSPS) is 14.9. The van der Waals surface area contributed by atoms with Gasteiger partial charge in [0.15, 0.2) is 0 Å². The number of benzene rings is 1. The number of rotatable bonds is 6. The number of amides is 1. The molecule has 0 radical (unpaired) electrons. The van der Waals surface area contributed by atoms with Gasteiger partial charge in [-0.05, 0) is 49.6 Å². The summed E-state index contributed by atoms with van der Waals surface area (Å²) >= 11 is 0. The highest BCUT2D eigenvalue weighted by Gasteiger charge is 2.29. The fourth-order valence-electron chi connectivity index (χ4n) is 4.57. The van der Waals surface area contributed by atoms with Crippen LogP contribution in [0.1, 0.15) is 51.5 Å². The highest BCUT2D eigenvalue weighted by atomic mass is 16.5. The van der Waals surface area contributed by atoms with Crippen molar-refractivity contribution in [1.29, 1.82) is 0 Å². The fraction of sp³-hybridized carbons (Fsp3) is 0.407. The van der Waals surface area contributed by atoms with Gasteiger partial charge in [0.1, 0.15) is 17.1 Å². The van der Waals surface area contributed by atoms with Gasteiger partial charge in [0, 0.05) is 51.4 Å². The van der Waals surface area contributed by atoms with Crippen LogP contribution in [0, 0.1) is 13.8 Å². The molecule has 34 heavy (non-hydrogen) atoms. The molecule has 0 spiro atoms. The number of furan rings is 1. The summed E-state index contributed by atoms with van der Waals surface area (Å²) in [6.07, 6.45) is 2.18. The minimum absolute atomic E-state index is 0.141. The smallest absolute Gasteiger partial charge is 0.259 e. The molecule has 3 aromatic rings. The second-order valence-electron chi connectivity index (χ2n) is 9.08. The monoisotopic (exact) mass is 463 g/mol. The number of ether oxygens (including phenoxy) is 1. The van der Waals surface area contributed by atoms with Gasteiger partial charge < -0.3 is 18.6 Å². The number of aryl methyl sites for hydroxylation is 2. The van der Waals surface area contributed by atoms with Crippen molar-refractivity contribution in [3.05, 3.63) is 86.7 Å². The third-order valence-electron chi connectivity index (χ3n) is 6.95. The van der Waals surface area contributed by atoms with E-state index < -0.39 is 0 Å². The molecule has 0 fully saturated rings. The molecule has 0 unspecified atom stereocenters. The van der Waals surface area contributed by atoms with Crippen molar-refractivity contribution in [3.8, 4) is 5.75 Å². The summed E-state index contributed by atoms with van der Waals surface area (Å²) in [4.78, 5) is 30.6. The summed E-state index contributed by atoms with van der Waals surface area (Å²) in [6.45, 7) is 8.98. The first kappa shape index (κ1) is 23.8. The molecule has 0 saturated carbocycles. The third-order valence-corrected chi connectivity index (χ3v) is 6.95. The van der Waals surface area contributed by atoms with E-state index in [-0.39, 0.29) is 17.5 Å². The van der Waals surface area contributed by atoms with Crippen LogP contribution < -0.4 is 10.3 Å². The maximum absolute atomic E-state index is 13.7. The van der Waals surface area contributed by atoms with Crippen LogP contribution in [0.5, 0.6) is 5.75 Å². The topological polar surface area (TPSA) is 67.9 Å². The van der Waals surface area contributed by atoms with Gasteiger partial charge in [-0.25, -0.2) is 0 Å². The second-order valence-corrected chi connectivity index (χ2v) is 9.08. The number of carbonyl (C=O) groups excluding carboxylic acids is 1. The number of nitrogens with zero attached hydrogens (tertiary/aromatic N) is 3. The molecular formula is C27H33N3O4. The van der Waals surface area contributed by atoms with E-state index in [2.05, 4.69) is 36.9 Å². The molecule has 1 aliphatic heterocycles. The van der Waals surface area contributed by atoms with E-state index in [9.17, 15) is 9.59 Å². The lowest BCUT2D eigenvalue weighted by Gasteiger charge is -2.26. The first-order valence-corrected chi connectivity index (χ1v) is 11.7. The van der Waals surface area contributed by atoms with Crippen LogP contribution in [-0.4, -0.2) is 47.5 Å². The molecule has 180 valence electrons. The number of fused-ring (bicyclic) bond motifs is 1. The number of aromatic nitrogens is 1. The Kier molecular flexibility index (Phi) is 6.93. The first-order valence-electron chi connectivity index (χ1n) is 11.7. The minimum atomic E-state index is -0.258. The zero-order valence-electron chi connectivity index (χ0n) is 20.6. The van der Waals surface area contributed by atoms with E-state index in [4.69, 9.17) is 9.15 Å². The molecule has 3 heterocycles. The predicted octanol–water partition coefficient (Wildman–Crippen LogP) is 3.96. The molecule has 1 aliphatic rings. The van der Waals surface area contributed by atoms with Crippen molar-refractivity contribution in [2.45, 2.75) is 46.3 Å². The van der Waals surface area contributed by atoms with Crippen LogP contribution >= 0.6 is 0 Å². The highest BCUT2D eigenvalue weighted by Crippen LogP contribution is 2.28. The highest BCUT2D eigenvalue weighted by molar-refractivity contribution is 5.98. The van der Waals surface area contributed by atoms with Crippen LogP contribution in [0.4, 0.5) is 0 Å². The minimum Gasteiger partial charge on any atom is -0.496 e. The average molecular weight is 464 g/mol. The SMILES string of the molecule is COc1cc(=O)n2c(c1C(=O)N(C)[C@H](C)c1ccco1)CCN(Cc1ccc(C)c(C)c1)CC2. The average Bonchev–Trinajstić information content (AvgIpc) is 3.29. The lowest BCUT2D eigenvalue weighted by Crippen LogP contribution is -2.34. The standard InChI is InChI=1S/C27H33N3O4/c1-18-8-9-21(15-19(18)2)17-29-11-10-22-26(24(33-5)16-25(31)30(22)13-12-29)27(32)28(4)20(3)23-7-6-14-34-23/h6-9,14-16,20H,10-13,17H2,1-5H3/t20-/m1/s1. The maximum Gasteiger partial charge on any atom is 0.259 e. The molecule has 0 N–H and O–H groups in total. The molecule has 1 atom stereocenters. The van der Waals surface area contributed by atoms with Crippen molar-refractivity contribution in [2.75, 3.05) is 27.2 Å². The number of hydrogen-bond acceptors (Lipinski definition) is 5. The van der Waals surface area contributed by atoms with Gasteiger partial charge >= 0.3 is 0 Å². The lowest BCUT2D eigenvalue weighted by molar-refractivity contribution is 0.0720. The van der Waals surface area contributed by atoms with E-state index in [1.54, 1.807) is 22.8 Å². The molecule has 7 heteroatoms. The largest absolute Gasteiger partial charge is 0.496 e. The van der Waals surface area contributed by atoms with E-state index in [0.29, 0.717) is 30.0 Å². The maximum atomic E-state index is 13.7. The Labute approximate surface area is 200 Å². The van der Waals surface area contributed by atoms with Gasteiger partial charge in [0.2, 0.25) is 0 Å². The number of hydrogen-bond donors (Lipinski definition) is 0. The van der Waals surface area contributed by atoms with E-state index in [0.717, 1.165) is 25.3 Å². The van der Waals surface area contributed by atoms with Gasteiger partial charge in [0.05, 0.1) is 19.4 Å². The Morgan fingerprint density at radius 2 is 1.94 bits per heavy atom. The molecule has 0 aliphatic carbocycles. The quantitative estimate of drug-likeness (QED) is 0.554. The van der Waals surface area contributed by atoms with E-state index in [1.807, 2.05) is 19.1 Å². The molecule has 2 aromatic heterocycles. The third kappa shape index (κ3) is 4.66. The summed E-state index contributed by atoms with van der Waals surface area (Å²) in [5, 5.41) is 0. The van der Waals surface area contributed by atoms with Gasteiger partial charge in [0.25, 0.3) is 11.5 Å². The van der Waals surface area contributed by atoms with Crippen molar-refractivity contribution >= 4 is 5.91 Å². The number of pyridine rings is 1. The summed E-state index contributed by atoms with van der Waals surface area (Å²) in [5.41, 5.74) is 4.85. The molecule has 7 nitrogen and oxygen atoms in total. The van der Waals surface area contributed by atoms with E-state index >= 15 is 0 Å². The molecule has 0 saturated heterocycles. The predicted molar refractivity (Wildman–Crippen MR) is 131 cm³/mol. The Morgan fingerprint density at radius 3 is 2.62 bits per heavy atom. The van der Waals surface area contributed by atoms with Crippen molar-refractivity contribution in [3.63, 3.8) is 0 Å². The summed E-state index contributed by atoms with van der Waals surface area (Å²) in [6, 6.07) is 11.4. The Hall–Kier alpha value is -3.32. The zero-order valence-corrected chi connectivity index (χ0v) is 20.6. The van der Waals surface area contributed by atoms with Crippen LogP contribution in [0.25, 0.3) is 0 Å². The summed E-state index contributed by atoms with van der Waals surface area (Å²) in [5.74, 6) is 0.836. The van der Waals surface area contributed by atoms with Crippen molar-refractivity contribution < 1.29 is 13.9 Å².